The van der Waals surface area contributed by atoms with Gasteiger partial charge in [0.15, 0.2) is 11.6 Å². The summed E-state index contributed by atoms with van der Waals surface area (Å²) < 4.78 is 0. The molecule has 0 aliphatic carbocycles. The highest BCUT2D eigenvalue weighted by atomic mass is 15.5. The molecule has 10 rings (SSSR count). The van der Waals surface area contributed by atoms with Gasteiger partial charge in [-0.15, -0.1) is 0 Å². The number of para-hydroxylation sites is 5. The Kier molecular flexibility index (Phi) is 6.07. The van der Waals surface area contributed by atoms with Crippen molar-refractivity contribution in [2.75, 3.05) is 26.6 Å². The molecule has 0 saturated carbocycles. The van der Waals surface area contributed by atoms with Gasteiger partial charge in [-0.3, -0.25) is 0 Å². The van der Waals surface area contributed by atoms with Gasteiger partial charge in [-0.05, 0) is 66.4 Å². The topological polar surface area (TPSA) is 38.7 Å². The van der Waals surface area contributed by atoms with Gasteiger partial charge >= 0.3 is 0 Å². The van der Waals surface area contributed by atoms with Crippen LogP contribution in [0.1, 0.15) is 29.0 Å². The Morgan fingerprint density at radius 1 is 0.612 bits per heavy atom. The molecule has 0 radical (unpaired) electrons. The minimum absolute atomic E-state index is 0.0255. The zero-order valence-corrected chi connectivity index (χ0v) is 27.6. The van der Waals surface area contributed by atoms with Crippen LogP contribution in [0.4, 0.5) is 39.9 Å². The molecule has 6 aromatic rings. The van der Waals surface area contributed by atoms with E-state index in [0.29, 0.717) is 0 Å². The largest absolute Gasteiger partial charge is 0.349 e. The first kappa shape index (κ1) is 28.2. The maximum absolute atomic E-state index is 5.38. The molecule has 0 N–H and O–H groups in total. The lowest BCUT2D eigenvalue weighted by atomic mass is 9.72. The Labute approximate surface area is 287 Å². The summed E-state index contributed by atoms with van der Waals surface area (Å²) >= 11 is 0. The lowest BCUT2D eigenvalue weighted by Crippen LogP contribution is -2.60. The van der Waals surface area contributed by atoms with E-state index >= 15 is 0 Å². The summed E-state index contributed by atoms with van der Waals surface area (Å²) in [5, 5.41) is 0. The van der Waals surface area contributed by atoms with Crippen molar-refractivity contribution in [3.63, 3.8) is 0 Å². The third-order valence-electron chi connectivity index (χ3n) is 11.1. The molecule has 5 heterocycles. The van der Waals surface area contributed by atoms with Gasteiger partial charge in [0.05, 0.1) is 23.3 Å². The predicted molar refractivity (Wildman–Crippen MR) is 200 cm³/mol. The third kappa shape index (κ3) is 3.94. The molecule has 0 fully saturated rings. The molecule has 238 valence electrons. The monoisotopic (exact) mass is 636 g/mol. The Hall–Kier alpha value is -5.88. The van der Waals surface area contributed by atoms with Crippen LogP contribution in [0.15, 0.2) is 140 Å². The molecule has 1 aromatic heterocycles. The Balaban J connectivity index is 1.25. The fourth-order valence-electron chi connectivity index (χ4n) is 9.04. The molecular formula is C43H36N6. The van der Waals surface area contributed by atoms with Crippen LogP contribution in [0, 0.1) is 12.8 Å². The van der Waals surface area contributed by atoms with Crippen LogP contribution in [0.5, 0.6) is 0 Å². The van der Waals surface area contributed by atoms with Crippen molar-refractivity contribution >= 4 is 45.5 Å². The van der Waals surface area contributed by atoms with E-state index in [9.17, 15) is 0 Å². The van der Waals surface area contributed by atoms with Crippen LogP contribution < -0.4 is 19.6 Å². The normalized spacial score (nSPS) is 21.5. The highest BCUT2D eigenvalue weighted by molar-refractivity contribution is 5.93. The standard InChI is InChI=1S/C43H36N6/c1-27-15-7-8-19-31(27)40-44-26-38-41(45-40)49-35-22-12-10-20-32(35)33-25-28(2)30-18-9-11-21-34(30)48-37-24-14-13-23-36(37)47(29-16-5-4-6-17-29)43(48)39(33)42(49)46(38)3/h4-24,26,33,39,42-43H,2,25H2,1,3H3. The zero-order valence-electron chi connectivity index (χ0n) is 27.6. The first-order valence-electron chi connectivity index (χ1n) is 17.1. The molecule has 6 heteroatoms. The Morgan fingerprint density at radius 2 is 1.24 bits per heavy atom. The average molecular weight is 637 g/mol. The number of aryl methyl sites for hydroxylation is 1. The van der Waals surface area contributed by atoms with E-state index in [1.165, 1.54) is 50.7 Å². The molecule has 4 atom stereocenters. The minimum Gasteiger partial charge on any atom is -0.349 e. The maximum atomic E-state index is 5.38. The van der Waals surface area contributed by atoms with E-state index in [2.05, 4.69) is 161 Å². The van der Waals surface area contributed by atoms with Crippen LogP contribution in [-0.4, -0.2) is 29.3 Å². The van der Waals surface area contributed by atoms with Crippen molar-refractivity contribution < 1.29 is 0 Å². The summed E-state index contributed by atoms with van der Waals surface area (Å²) in [5.41, 5.74) is 13.0. The lowest BCUT2D eigenvalue weighted by Gasteiger charge is -2.53. The Bertz CT molecular complexity index is 2280. The molecule has 6 nitrogen and oxygen atoms in total. The molecule has 0 spiro atoms. The lowest BCUT2D eigenvalue weighted by molar-refractivity contribution is 0.286. The number of fused-ring (bicyclic) bond motifs is 14. The number of anilines is 7. The van der Waals surface area contributed by atoms with Crippen molar-refractivity contribution in [1.29, 1.82) is 0 Å². The molecular weight excluding hydrogens is 601 g/mol. The van der Waals surface area contributed by atoms with Gasteiger partial charge in [0.25, 0.3) is 0 Å². The van der Waals surface area contributed by atoms with E-state index in [-0.39, 0.29) is 24.2 Å². The molecule has 0 amide bonds. The van der Waals surface area contributed by atoms with Gasteiger partial charge < -0.3 is 19.6 Å². The number of aromatic nitrogens is 2. The van der Waals surface area contributed by atoms with Crippen LogP contribution in [0.2, 0.25) is 0 Å². The summed E-state index contributed by atoms with van der Waals surface area (Å²) in [5.74, 6) is 2.01. The maximum Gasteiger partial charge on any atom is 0.162 e. The number of rotatable bonds is 2. The number of nitrogens with zero attached hydrogens (tertiary/aromatic N) is 6. The SMILES string of the molecule is C=C1CC2c3ccccc3N3c4nc(-c5ccccc5C)ncc4N(C)C3C2C2N(c3ccccc3)c3ccccc3N2c2ccccc21. The van der Waals surface area contributed by atoms with Crippen LogP contribution in [-0.2, 0) is 0 Å². The van der Waals surface area contributed by atoms with Gasteiger partial charge in [-0.25, -0.2) is 9.97 Å². The summed E-state index contributed by atoms with van der Waals surface area (Å²) in [7, 11) is 2.23. The van der Waals surface area contributed by atoms with Crippen molar-refractivity contribution in [2.24, 2.45) is 5.92 Å². The second-order valence-corrected chi connectivity index (χ2v) is 13.7. The third-order valence-corrected chi connectivity index (χ3v) is 11.1. The fraction of sp³-hybridized carbons (Fsp3) is 0.163. The summed E-state index contributed by atoms with van der Waals surface area (Å²) in [6.07, 6.45) is 2.83. The summed E-state index contributed by atoms with van der Waals surface area (Å²) in [4.78, 5) is 20.5. The van der Waals surface area contributed by atoms with E-state index in [1.54, 1.807) is 0 Å². The average Bonchev–Trinajstić information content (AvgIpc) is 3.63. The first-order chi connectivity index (χ1) is 24.1. The van der Waals surface area contributed by atoms with Gasteiger partial charge in [0.2, 0.25) is 0 Å². The molecule has 4 aliphatic rings. The molecule has 0 bridgehead atoms. The molecule has 0 saturated heterocycles. The summed E-state index contributed by atoms with van der Waals surface area (Å²) in [6, 6.07) is 46.0. The van der Waals surface area contributed by atoms with Crippen LogP contribution in [0.3, 0.4) is 0 Å². The molecule has 4 aliphatic heterocycles. The van der Waals surface area contributed by atoms with Crippen molar-refractivity contribution in [1.82, 2.24) is 9.97 Å². The predicted octanol–water partition coefficient (Wildman–Crippen LogP) is 9.81. The second kappa shape index (κ2) is 10.6. The highest BCUT2D eigenvalue weighted by Crippen LogP contribution is 2.61. The van der Waals surface area contributed by atoms with Gasteiger partial charge in [-0.2, -0.15) is 0 Å². The van der Waals surface area contributed by atoms with Gasteiger partial charge in [0.1, 0.15) is 18.0 Å². The number of hydrogen-bond acceptors (Lipinski definition) is 6. The zero-order chi connectivity index (χ0) is 32.8. The quantitative estimate of drug-likeness (QED) is 0.188. The van der Waals surface area contributed by atoms with Gasteiger partial charge in [0, 0.05) is 41.4 Å². The summed E-state index contributed by atoms with van der Waals surface area (Å²) in [6.45, 7) is 6.91. The minimum atomic E-state index is -0.0412. The van der Waals surface area contributed by atoms with E-state index in [1.807, 2.05) is 6.20 Å². The van der Waals surface area contributed by atoms with E-state index in [0.717, 1.165) is 29.3 Å². The highest BCUT2D eigenvalue weighted by Gasteiger charge is 2.57. The second-order valence-electron chi connectivity index (χ2n) is 13.7. The van der Waals surface area contributed by atoms with Crippen molar-refractivity contribution in [3.05, 3.63) is 157 Å². The fourth-order valence-corrected chi connectivity index (χ4v) is 9.04. The smallest absolute Gasteiger partial charge is 0.162 e. The van der Waals surface area contributed by atoms with Crippen molar-refractivity contribution in [3.8, 4) is 11.4 Å². The molecule has 49 heavy (non-hydrogen) atoms. The van der Waals surface area contributed by atoms with Crippen LogP contribution in [0.25, 0.3) is 17.0 Å². The number of hydrogen-bond donors (Lipinski definition) is 0. The Morgan fingerprint density at radius 3 is 2.02 bits per heavy atom. The first-order valence-corrected chi connectivity index (χ1v) is 17.1. The number of benzene rings is 5. The molecule has 4 unspecified atom stereocenters. The van der Waals surface area contributed by atoms with Crippen molar-refractivity contribution in [2.45, 2.75) is 31.6 Å². The van der Waals surface area contributed by atoms with Gasteiger partial charge in [-0.1, -0.05) is 97.6 Å². The molecule has 5 aromatic carbocycles. The van der Waals surface area contributed by atoms with Crippen LogP contribution >= 0.6 is 0 Å². The van der Waals surface area contributed by atoms with E-state index < -0.39 is 0 Å². The van der Waals surface area contributed by atoms with E-state index in [4.69, 9.17) is 16.5 Å². The number of allylic oxidation sites excluding steroid dienone is 1.